The monoisotopic (exact) mass is 444 g/mol. The highest BCUT2D eigenvalue weighted by Crippen LogP contribution is 2.35. The fourth-order valence-corrected chi connectivity index (χ4v) is 3.86. The molecule has 1 fully saturated rings. The van der Waals surface area contributed by atoms with Crippen LogP contribution < -0.4 is 25.5 Å². The van der Waals surface area contributed by atoms with Crippen molar-refractivity contribution in [1.82, 2.24) is 20.1 Å². The second kappa shape index (κ2) is 9.58. The van der Waals surface area contributed by atoms with E-state index in [-0.39, 0.29) is 18.3 Å². The molecule has 32 heavy (non-hydrogen) atoms. The molecule has 10 nitrogen and oxygen atoms in total. The third-order valence-electron chi connectivity index (χ3n) is 5.73. The van der Waals surface area contributed by atoms with E-state index in [2.05, 4.69) is 15.5 Å². The van der Waals surface area contributed by atoms with Crippen molar-refractivity contribution in [1.29, 1.82) is 0 Å². The van der Waals surface area contributed by atoms with Gasteiger partial charge in [-0.2, -0.15) is 0 Å². The molecule has 0 saturated carbocycles. The van der Waals surface area contributed by atoms with E-state index < -0.39 is 17.4 Å². The van der Waals surface area contributed by atoms with Gasteiger partial charge in [-0.15, -0.1) is 0 Å². The molecule has 0 spiro atoms. The smallest absolute Gasteiger partial charge is 0.257 e. The molecule has 1 aromatic carbocycles. The van der Waals surface area contributed by atoms with Crippen LogP contribution in [0.4, 0.5) is 0 Å². The van der Waals surface area contributed by atoms with Crippen LogP contribution in [-0.4, -0.2) is 73.5 Å². The number of carbonyl (C=O) groups is 2. The van der Waals surface area contributed by atoms with Gasteiger partial charge in [0.2, 0.25) is 18.1 Å². The van der Waals surface area contributed by atoms with Crippen LogP contribution in [0.1, 0.15) is 24.2 Å². The molecule has 0 unspecified atom stereocenters. The van der Waals surface area contributed by atoms with Crippen molar-refractivity contribution in [2.24, 2.45) is 0 Å². The fraction of sp³-hybridized carbons (Fsp3) is 0.500. The van der Waals surface area contributed by atoms with Gasteiger partial charge in [-0.25, -0.2) is 0 Å². The number of morpholine rings is 1. The van der Waals surface area contributed by atoms with Gasteiger partial charge in [0.05, 0.1) is 24.1 Å². The standard InChI is InChI=1S/C22H28N4O6/c1-3-26-12-16(20(27)15-10-18-19(11-17(15)26)32-13-31-18)22(29)24-14(2)21(28)23-4-5-25-6-8-30-9-7-25/h10-12,14H,3-9,13H2,1-2H3,(H,23,28)(H,24,29)/t14-/m0/s1. The molecule has 2 aliphatic heterocycles. The molecular weight excluding hydrogens is 416 g/mol. The number of amides is 2. The topological polar surface area (TPSA) is 111 Å². The number of carbonyl (C=O) groups excluding carboxylic acids is 2. The zero-order valence-corrected chi connectivity index (χ0v) is 18.3. The molecule has 172 valence electrons. The van der Waals surface area contributed by atoms with Crippen LogP contribution in [0.2, 0.25) is 0 Å². The SMILES string of the molecule is CCn1cc(C(=O)N[C@@H](C)C(=O)NCCN2CCOCC2)c(=O)c2cc3c(cc21)OCO3. The molecule has 2 N–H and O–H groups in total. The highest BCUT2D eigenvalue weighted by molar-refractivity contribution is 6.00. The summed E-state index contributed by atoms with van der Waals surface area (Å²) in [6, 6.07) is 2.56. The van der Waals surface area contributed by atoms with Gasteiger partial charge < -0.3 is 29.4 Å². The Hall–Kier alpha value is -3.11. The number of rotatable bonds is 7. The summed E-state index contributed by atoms with van der Waals surface area (Å²) in [6.07, 6.45) is 1.52. The average molecular weight is 444 g/mol. The Labute approximate surface area is 185 Å². The molecule has 1 saturated heterocycles. The van der Waals surface area contributed by atoms with Gasteiger partial charge in [0, 0.05) is 45.0 Å². The van der Waals surface area contributed by atoms with Crippen molar-refractivity contribution in [3.05, 3.63) is 34.1 Å². The van der Waals surface area contributed by atoms with Crippen LogP contribution in [0.5, 0.6) is 11.5 Å². The highest BCUT2D eigenvalue weighted by atomic mass is 16.7. The number of fused-ring (bicyclic) bond motifs is 2. The Kier molecular flexibility index (Phi) is 6.61. The number of benzene rings is 1. The first kappa shape index (κ1) is 22.1. The molecule has 0 aliphatic carbocycles. The Bertz CT molecular complexity index is 1080. The molecule has 1 atom stereocenters. The van der Waals surface area contributed by atoms with Crippen molar-refractivity contribution < 1.29 is 23.8 Å². The lowest BCUT2D eigenvalue weighted by Crippen LogP contribution is -2.48. The molecule has 0 bridgehead atoms. The van der Waals surface area contributed by atoms with Gasteiger partial charge >= 0.3 is 0 Å². The molecule has 2 amide bonds. The molecule has 3 heterocycles. The van der Waals surface area contributed by atoms with Crippen LogP contribution in [0.3, 0.4) is 0 Å². The number of aromatic nitrogens is 1. The van der Waals surface area contributed by atoms with Crippen LogP contribution in [0.25, 0.3) is 10.9 Å². The van der Waals surface area contributed by atoms with Gasteiger partial charge in [0.15, 0.2) is 11.5 Å². The van der Waals surface area contributed by atoms with Gasteiger partial charge in [0.25, 0.3) is 5.91 Å². The van der Waals surface area contributed by atoms with Crippen molar-refractivity contribution in [3.8, 4) is 11.5 Å². The minimum Gasteiger partial charge on any atom is -0.454 e. The third-order valence-corrected chi connectivity index (χ3v) is 5.73. The van der Waals surface area contributed by atoms with E-state index in [1.54, 1.807) is 23.6 Å². The quantitative estimate of drug-likeness (QED) is 0.633. The number of hydrogen-bond donors (Lipinski definition) is 2. The van der Waals surface area contributed by atoms with Crippen LogP contribution in [0.15, 0.2) is 23.1 Å². The maximum atomic E-state index is 13.0. The van der Waals surface area contributed by atoms with Gasteiger partial charge in [-0.3, -0.25) is 19.3 Å². The van der Waals surface area contributed by atoms with Crippen molar-refractivity contribution in [2.75, 3.05) is 46.2 Å². The lowest BCUT2D eigenvalue weighted by atomic mass is 10.1. The summed E-state index contributed by atoms with van der Waals surface area (Å²) in [4.78, 5) is 40.5. The van der Waals surface area contributed by atoms with E-state index in [0.29, 0.717) is 48.7 Å². The molecular formula is C22H28N4O6. The minimum absolute atomic E-state index is 0.0221. The summed E-state index contributed by atoms with van der Waals surface area (Å²) >= 11 is 0. The Balaban J connectivity index is 1.44. The van der Waals surface area contributed by atoms with Gasteiger partial charge in [0.1, 0.15) is 11.6 Å². The Morgan fingerprint density at radius 3 is 2.59 bits per heavy atom. The van der Waals surface area contributed by atoms with E-state index in [9.17, 15) is 14.4 Å². The number of pyridine rings is 1. The summed E-state index contributed by atoms with van der Waals surface area (Å²) in [5.74, 6) is 0.153. The van der Waals surface area contributed by atoms with Gasteiger partial charge in [-0.05, 0) is 19.9 Å². The van der Waals surface area contributed by atoms with E-state index in [0.717, 1.165) is 19.6 Å². The lowest BCUT2D eigenvalue weighted by molar-refractivity contribution is -0.122. The van der Waals surface area contributed by atoms with E-state index in [4.69, 9.17) is 14.2 Å². The summed E-state index contributed by atoms with van der Waals surface area (Å²) in [6.45, 7) is 8.43. The van der Waals surface area contributed by atoms with Crippen molar-refractivity contribution in [3.63, 3.8) is 0 Å². The second-order valence-electron chi connectivity index (χ2n) is 7.82. The third kappa shape index (κ3) is 4.56. The molecule has 0 radical (unpaired) electrons. The first-order chi connectivity index (χ1) is 15.5. The zero-order chi connectivity index (χ0) is 22.7. The fourth-order valence-electron chi connectivity index (χ4n) is 3.86. The maximum Gasteiger partial charge on any atom is 0.257 e. The van der Waals surface area contributed by atoms with E-state index >= 15 is 0 Å². The van der Waals surface area contributed by atoms with E-state index in [1.165, 1.54) is 6.20 Å². The molecule has 2 aliphatic rings. The van der Waals surface area contributed by atoms with Crippen LogP contribution in [-0.2, 0) is 16.1 Å². The molecule has 1 aromatic heterocycles. The summed E-state index contributed by atoms with van der Waals surface area (Å²) in [7, 11) is 0. The minimum atomic E-state index is -0.783. The second-order valence-corrected chi connectivity index (χ2v) is 7.82. The normalized spacial score (nSPS) is 16.7. The van der Waals surface area contributed by atoms with Crippen LogP contribution >= 0.6 is 0 Å². The summed E-state index contributed by atoms with van der Waals surface area (Å²) in [5, 5.41) is 5.84. The van der Waals surface area contributed by atoms with E-state index in [1.807, 2.05) is 6.92 Å². The zero-order valence-electron chi connectivity index (χ0n) is 18.3. The average Bonchev–Trinajstić information content (AvgIpc) is 3.26. The Morgan fingerprint density at radius 1 is 1.16 bits per heavy atom. The first-order valence-electron chi connectivity index (χ1n) is 10.8. The number of ether oxygens (including phenoxy) is 3. The number of nitrogens with zero attached hydrogens (tertiary/aromatic N) is 2. The number of aryl methyl sites for hydroxylation is 1. The van der Waals surface area contributed by atoms with Crippen LogP contribution in [0, 0.1) is 0 Å². The number of hydrogen-bond acceptors (Lipinski definition) is 7. The predicted octanol–water partition coefficient (Wildman–Crippen LogP) is 0.317. The van der Waals surface area contributed by atoms with Gasteiger partial charge in [-0.1, -0.05) is 0 Å². The first-order valence-corrected chi connectivity index (χ1v) is 10.8. The highest BCUT2D eigenvalue weighted by Gasteiger charge is 2.23. The summed E-state index contributed by atoms with van der Waals surface area (Å²) < 4.78 is 17.9. The molecule has 10 heteroatoms. The summed E-state index contributed by atoms with van der Waals surface area (Å²) in [5.41, 5.74) is 0.221. The molecule has 4 rings (SSSR count). The Morgan fingerprint density at radius 2 is 1.88 bits per heavy atom. The number of nitrogens with one attached hydrogen (secondary N) is 2. The van der Waals surface area contributed by atoms with Crippen molar-refractivity contribution in [2.45, 2.75) is 26.4 Å². The maximum absolute atomic E-state index is 13.0. The van der Waals surface area contributed by atoms with Crippen molar-refractivity contribution >= 4 is 22.7 Å². The lowest BCUT2D eigenvalue weighted by Gasteiger charge is -2.26. The predicted molar refractivity (Wildman–Crippen MR) is 117 cm³/mol. The largest absolute Gasteiger partial charge is 0.454 e. The molecule has 2 aromatic rings.